The van der Waals surface area contributed by atoms with Crippen LogP contribution in [0.15, 0.2) is 0 Å². The Morgan fingerprint density at radius 2 is 2.00 bits per heavy atom. The molecule has 1 N–H and O–H groups in total. The van der Waals surface area contributed by atoms with Gasteiger partial charge in [-0.05, 0) is 33.4 Å². The number of ether oxygens (including phenoxy) is 1. The molecule has 5 heteroatoms. The molecular formula is C12H24N2O3. The molecule has 0 aromatic heterocycles. The normalized spacial score (nSPS) is 20.7. The largest absolute Gasteiger partial charge is 0.480 e. The molecule has 0 atom stereocenters. The number of carboxylic acids is 1. The predicted octanol–water partition coefficient (Wildman–Crippen LogP) is 0.504. The molecule has 1 heterocycles. The molecule has 100 valence electrons. The minimum absolute atomic E-state index is 0.669. The van der Waals surface area contributed by atoms with Crippen molar-refractivity contribution in [3.8, 4) is 0 Å². The number of carboxylic acid groups (broad SMARTS) is 1. The number of likely N-dealkylation sites (N-methyl/N-ethyl adjacent to an activating group) is 1. The van der Waals surface area contributed by atoms with Crippen LogP contribution < -0.4 is 0 Å². The molecule has 0 radical (unpaired) electrons. The van der Waals surface area contributed by atoms with Crippen molar-refractivity contribution < 1.29 is 14.6 Å². The van der Waals surface area contributed by atoms with Gasteiger partial charge in [-0.15, -0.1) is 0 Å². The van der Waals surface area contributed by atoms with Gasteiger partial charge in [0.25, 0.3) is 0 Å². The summed E-state index contributed by atoms with van der Waals surface area (Å²) in [7, 11) is 5.42. The zero-order chi connectivity index (χ0) is 12.9. The second-order valence-corrected chi connectivity index (χ2v) is 4.92. The lowest BCUT2D eigenvalue weighted by atomic mass is 9.86. The fourth-order valence-electron chi connectivity index (χ4n) is 2.43. The van der Waals surface area contributed by atoms with Crippen LogP contribution in [0.1, 0.15) is 19.3 Å². The number of likely N-dealkylation sites (tertiary alicyclic amines) is 1. The first-order valence-corrected chi connectivity index (χ1v) is 6.15. The van der Waals surface area contributed by atoms with Crippen molar-refractivity contribution in [1.29, 1.82) is 0 Å². The molecule has 0 aliphatic carbocycles. The van der Waals surface area contributed by atoms with Crippen LogP contribution in [0.25, 0.3) is 0 Å². The maximum atomic E-state index is 11.4. The van der Waals surface area contributed by atoms with Gasteiger partial charge in [0, 0.05) is 33.4 Å². The number of aliphatic carboxylic acids is 1. The molecule has 1 fully saturated rings. The zero-order valence-corrected chi connectivity index (χ0v) is 11.1. The van der Waals surface area contributed by atoms with Crippen molar-refractivity contribution in [3.63, 3.8) is 0 Å². The van der Waals surface area contributed by atoms with Crippen molar-refractivity contribution in [2.45, 2.75) is 24.8 Å². The summed E-state index contributed by atoms with van der Waals surface area (Å²) in [6, 6.07) is 0. The summed E-state index contributed by atoms with van der Waals surface area (Å²) in [6.45, 7) is 3.48. The monoisotopic (exact) mass is 244 g/mol. The van der Waals surface area contributed by atoms with Gasteiger partial charge in [-0.2, -0.15) is 0 Å². The van der Waals surface area contributed by atoms with Gasteiger partial charge in [0.05, 0.1) is 0 Å². The van der Waals surface area contributed by atoms with Crippen molar-refractivity contribution in [2.24, 2.45) is 0 Å². The van der Waals surface area contributed by atoms with E-state index < -0.39 is 11.5 Å². The third-order valence-electron chi connectivity index (χ3n) is 3.76. The van der Waals surface area contributed by atoms with Crippen LogP contribution in [0, 0.1) is 0 Å². The molecule has 0 aromatic carbocycles. The highest BCUT2D eigenvalue weighted by Gasteiger charge is 2.43. The molecule has 0 spiro atoms. The van der Waals surface area contributed by atoms with Gasteiger partial charge in [0.2, 0.25) is 0 Å². The van der Waals surface area contributed by atoms with E-state index in [0.29, 0.717) is 12.8 Å². The Balaban J connectivity index is 2.45. The van der Waals surface area contributed by atoms with E-state index in [1.807, 2.05) is 19.0 Å². The van der Waals surface area contributed by atoms with E-state index in [-0.39, 0.29) is 0 Å². The summed E-state index contributed by atoms with van der Waals surface area (Å²) in [5.74, 6) is -0.695. The fraction of sp³-hybridized carbons (Fsp3) is 0.917. The van der Waals surface area contributed by atoms with Crippen molar-refractivity contribution in [3.05, 3.63) is 0 Å². The molecule has 0 bridgehead atoms. The van der Waals surface area contributed by atoms with Crippen LogP contribution >= 0.6 is 0 Å². The SMILES string of the molecule is COCCCN1CCC(C(=O)O)(N(C)C)CC1. The van der Waals surface area contributed by atoms with Gasteiger partial charge in [-0.1, -0.05) is 0 Å². The van der Waals surface area contributed by atoms with Crippen LogP contribution in [0.4, 0.5) is 0 Å². The van der Waals surface area contributed by atoms with E-state index in [1.165, 1.54) is 0 Å². The summed E-state index contributed by atoms with van der Waals surface area (Å²) < 4.78 is 5.02. The molecular weight excluding hydrogens is 220 g/mol. The van der Waals surface area contributed by atoms with E-state index >= 15 is 0 Å². The number of nitrogens with zero attached hydrogens (tertiary/aromatic N) is 2. The Kier molecular flexibility index (Phi) is 5.36. The fourth-order valence-corrected chi connectivity index (χ4v) is 2.43. The molecule has 0 saturated carbocycles. The molecule has 1 rings (SSSR count). The van der Waals surface area contributed by atoms with Gasteiger partial charge in [0.1, 0.15) is 5.54 Å². The van der Waals surface area contributed by atoms with Gasteiger partial charge in [0.15, 0.2) is 0 Å². The van der Waals surface area contributed by atoms with Crippen LogP contribution in [-0.2, 0) is 9.53 Å². The first-order chi connectivity index (χ1) is 8.03. The number of hydrogen-bond acceptors (Lipinski definition) is 4. The number of hydrogen-bond donors (Lipinski definition) is 1. The van der Waals surface area contributed by atoms with E-state index in [2.05, 4.69) is 4.90 Å². The lowest BCUT2D eigenvalue weighted by Crippen LogP contribution is -2.57. The van der Waals surface area contributed by atoms with E-state index in [9.17, 15) is 9.90 Å². The highest BCUT2D eigenvalue weighted by Crippen LogP contribution is 2.27. The highest BCUT2D eigenvalue weighted by atomic mass is 16.5. The average Bonchev–Trinajstić information content (AvgIpc) is 2.29. The molecule has 17 heavy (non-hydrogen) atoms. The zero-order valence-electron chi connectivity index (χ0n) is 11.1. The predicted molar refractivity (Wildman–Crippen MR) is 66.2 cm³/mol. The summed E-state index contributed by atoms with van der Waals surface area (Å²) in [4.78, 5) is 15.6. The Morgan fingerprint density at radius 1 is 1.41 bits per heavy atom. The molecule has 0 unspecified atom stereocenters. The number of rotatable bonds is 6. The maximum absolute atomic E-state index is 11.4. The molecule has 1 aliphatic rings. The second kappa shape index (κ2) is 6.33. The summed E-state index contributed by atoms with van der Waals surface area (Å²) >= 11 is 0. The quantitative estimate of drug-likeness (QED) is 0.690. The smallest absolute Gasteiger partial charge is 0.324 e. The third kappa shape index (κ3) is 3.40. The van der Waals surface area contributed by atoms with Crippen molar-refractivity contribution >= 4 is 5.97 Å². The van der Waals surface area contributed by atoms with Gasteiger partial charge in [-0.25, -0.2) is 0 Å². The van der Waals surface area contributed by atoms with Crippen molar-refractivity contribution in [2.75, 3.05) is 47.4 Å². The number of carbonyl (C=O) groups is 1. The number of methoxy groups -OCH3 is 1. The highest BCUT2D eigenvalue weighted by molar-refractivity contribution is 5.78. The Hall–Kier alpha value is -0.650. The van der Waals surface area contributed by atoms with E-state index in [1.54, 1.807) is 7.11 Å². The second-order valence-electron chi connectivity index (χ2n) is 4.92. The van der Waals surface area contributed by atoms with Crippen LogP contribution in [-0.4, -0.2) is 73.9 Å². The van der Waals surface area contributed by atoms with Crippen LogP contribution in [0.5, 0.6) is 0 Å². The third-order valence-corrected chi connectivity index (χ3v) is 3.76. The summed E-state index contributed by atoms with van der Waals surface area (Å²) in [5.41, 5.74) is -0.669. The van der Waals surface area contributed by atoms with Gasteiger partial charge < -0.3 is 14.7 Å². The van der Waals surface area contributed by atoms with Crippen molar-refractivity contribution in [1.82, 2.24) is 9.80 Å². The van der Waals surface area contributed by atoms with Crippen LogP contribution in [0.2, 0.25) is 0 Å². The van der Waals surface area contributed by atoms with E-state index in [4.69, 9.17) is 4.74 Å². The molecule has 1 aliphatic heterocycles. The number of piperidine rings is 1. The maximum Gasteiger partial charge on any atom is 0.324 e. The average molecular weight is 244 g/mol. The Morgan fingerprint density at radius 3 is 2.41 bits per heavy atom. The lowest BCUT2D eigenvalue weighted by molar-refractivity contribution is -0.153. The van der Waals surface area contributed by atoms with Gasteiger partial charge >= 0.3 is 5.97 Å². The summed E-state index contributed by atoms with van der Waals surface area (Å²) in [5, 5.41) is 9.38. The topological polar surface area (TPSA) is 53.0 Å². The Labute approximate surface area is 103 Å². The standard InChI is InChI=1S/C12H24N2O3/c1-13(2)12(11(15)16)5-8-14(9-6-12)7-4-10-17-3/h4-10H2,1-3H3,(H,15,16). The Bertz CT molecular complexity index is 248. The first kappa shape index (κ1) is 14.4. The summed E-state index contributed by atoms with van der Waals surface area (Å²) in [6.07, 6.45) is 2.41. The van der Waals surface area contributed by atoms with E-state index in [0.717, 1.165) is 32.7 Å². The molecule has 0 aromatic rings. The molecule has 1 saturated heterocycles. The lowest BCUT2D eigenvalue weighted by Gasteiger charge is -2.42. The minimum atomic E-state index is -0.695. The van der Waals surface area contributed by atoms with Gasteiger partial charge in [-0.3, -0.25) is 9.69 Å². The van der Waals surface area contributed by atoms with Crippen LogP contribution in [0.3, 0.4) is 0 Å². The molecule has 5 nitrogen and oxygen atoms in total. The molecule has 0 amide bonds. The first-order valence-electron chi connectivity index (χ1n) is 6.15. The minimum Gasteiger partial charge on any atom is -0.480 e.